The van der Waals surface area contributed by atoms with Crippen LogP contribution < -0.4 is 9.47 Å². The zero-order chi connectivity index (χ0) is 17.9. The first-order valence-corrected chi connectivity index (χ1v) is 7.19. The fraction of sp³-hybridized carbons (Fsp3) is 0.294. The number of ketones is 1. The molecule has 5 nitrogen and oxygen atoms in total. The van der Waals surface area contributed by atoms with Crippen LogP contribution in [0.15, 0.2) is 24.3 Å². The molecule has 1 heterocycles. The van der Waals surface area contributed by atoms with Crippen molar-refractivity contribution in [1.29, 1.82) is 0 Å². The van der Waals surface area contributed by atoms with Crippen LogP contribution in [0, 0.1) is 13.8 Å². The van der Waals surface area contributed by atoms with Gasteiger partial charge in [-0.1, -0.05) is 12.1 Å². The molecular weight excluding hydrogens is 318 g/mol. The van der Waals surface area contributed by atoms with Gasteiger partial charge in [0.2, 0.25) is 0 Å². The third-order valence-corrected chi connectivity index (χ3v) is 3.59. The van der Waals surface area contributed by atoms with Gasteiger partial charge < -0.3 is 9.47 Å². The average molecular weight is 336 g/mol. The van der Waals surface area contributed by atoms with Gasteiger partial charge >= 0.3 is 6.61 Å². The Hall–Kier alpha value is -2.70. The summed E-state index contributed by atoms with van der Waals surface area (Å²) in [5.74, 6) is -0.0708. The summed E-state index contributed by atoms with van der Waals surface area (Å²) in [5, 5.41) is 4.21. The van der Waals surface area contributed by atoms with E-state index in [1.165, 1.54) is 25.3 Å². The Morgan fingerprint density at radius 2 is 2.00 bits per heavy atom. The Bertz CT molecular complexity index is 782. The average Bonchev–Trinajstić information content (AvgIpc) is 2.78. The van der Waals surface area contributed by atoms with Gasteiger partial charge in [-0.25, -0.2) is 0 Å². The van der Waals surface area contributed by atoms with Crippen LogP contribution in [0.3, 0.4) is 0 Å². The SMILES string of the molecule is COc1cc(/C=C\C(=O)c2c(C)nn(C)c2C)ccc1OC(F)F. The van der Waals surface area contributed by atoms with Gasteiger partial charge in [-0.15, -0.1) is 0 Å². The summed E-state index contributed by atoms with van der Waals surface area (Å²) in [4.78, 5) is 12.3. The molecule has 0 saturated heterocycles. The molecule has 0 aliphatic carbocycles. The number of halogens is 2. The number of hydrogen-bond donors (Lipinski definition) is 0. The third kappa shape index (κ3) is 3.79. The van der Waals surface area contributed by atoms with E-state index >= 15 is 0 Å². The Kier molecular flexibility index (Phi) is 5.33. The highest BCUT2D eigenvalue weighted by Gasteiger charge is 2.15. The van der Waals surface area contributed by atoms with E-state index in [9.17, 15) is 13.6 Å². The van der Waals surface area contributed by atoms with Gasteiger partial charge in [-0.05, 0) is 37.6 Å². The van der Waals surface area contributed by atoms with Gasteiger partial charge in [0.25, 0.3) is 0 Å². The minimum atomic E-state index is -2.93. The molecule has 1 aromatic carbocycles. The minimum absolute atomic E-state index is 0.0603. The Morgan fingerprint density at radius 3 is 2.54 bits per heavy atom. The summed E-state index contributed by atoms with van der Waals surface area (Å²) < 4.78 is 35.7. The standard InChI is InChI=1S/C17H18F2N2O3/c1-10-16(11(2)21(3)20-10)13(22)7-5-12-6-8-14(24-17(18)19)15(9-12)23-4/h5-9,17H,1-4H3/b7-5-. The normalized spacial score (nSPS) is 11.3. The number of nitrogens with zero attached hydrogens (tertiary/aromatic N) is 2. The van der Waals surface area contributed by atoms with E-state index in [4.69, 9.17) is 4.74 Å². The van der Waals surface area contributed by atoms with Crippen LogP contribution in [0.1, 0.15) is 27.3 Å². The highest BCUT2D eigenvalue weighted by atomic mass is 19.3. The van der Waals surface area contributed by atoms with E-state index in [1.807, 2.05) is 6.92 Å². The second-order valence-corrected chi connectivity index (χ2v) is 5.16. The van der Waals surface area contributed by atoms with Crippen LogP contribution in [-0.2, 0) is 7.05 Å². The molecular formula is C17H18F2N2O3. The van der Waals surface area contributed by atoms with Crippen molar-refractivity contribution in [3.05, 3.63) is 46.8 Å². The van der Waals surface area contributed by atoms with E-state index in [0.29, 0.717) is 16.8 Å². The number of benzene rings is 1. The van der Waals surface area contributed by atoms with E-state index in [-0.39, 0.29) is 17.3 Å². The molecule has 0 unspecified atom stereocenters. The first kappa shape index (κ1) is 17.7. The molecule has 0 spiro atoms. The summed E-state index contributed by atoms with van der Waals surface area (Å²) >= 11 is 0. The van der Waals surface area contributed by atoms with E-state index < -0.39 is 6.61 Å². The first-order chi connectivity index (χ1) is 11.3. The van der Waals surface area contributed by atoms with Gasteiger partial charge in [0.15, 0.2) is 17.3 Å². The van der Waals surface area contributed by atoms with E-state index in [1.54, 1.807) is 30.8 Å². The minimum Gasteiger partial charge on any atom is -0.493 e. The van der Waals surface area contributed by atoms with Crippen molar-refractivity contribution in [3.8, 4) is 11.5 Å². The summed E-state index contributed by atoms with van der Waals surface area (Å²) in [7, 11) is 3.13. The molecule has 0 atom stereocenters. The maximum atomic E-state index is 12.3. The number of ether oxygens (including phenoxy) is 2. The largest absolute Gasteiger partial charge is 0.493 e. The van der Waals surface area contributed by atoms with Gasteiger partial charge in [-0.2, -0.15) is 13.9 Å². The third-order valence-electron chi connectivity index (χ3n) is 3.59. The van der Waals surface area contributed by atoms with Crippen LogP contribution in [0.2, 0.25) is 0 Å². The van der Waals surface area contributed by atoms with Crippen molar-refractivity contribution in [1.82, 2.24) is 9.78 Å². The number of methoxy groups -OCH3 is 1. The van der Waals surface area contributed by atoms with E-state index in [0.717, 1.165) is 5.69 Å². The molecule has 128 valence electrons. The first-order valence-electron chi connectivity index (χ1n) is 7.19. The summed E-state index contributed by atoms with van der Waals surface area (Å²) in [5.41, 5.74) is 2.61. The lowest BCUT2D eigenvalue weighted by Crippen LogP contribution is -2.03. The molecule has 0 aliphatic rings. The number of alkyl halides is 2. The second-order valence-electron chi connectivity index (χ2n) is 5.16. The zero-order valence-electron chi connectivity index (χ0n) is 13.8. The molecule has 0 bridgehead atoms. The lowest BCUT2D eigenvalue weighted by molar-refractivity contribution is -0.0512. The Balaban J connectivity index is 2.24. The number of hydrogen-bond acceptors (Lipinski definition) is 4. The van der Waals surface area contributed by atoms with Crippen molar-refractivity contribution in [2.24, 2.45) is 7.05 Å². The summed E-state index contributed by atoms with van der Waals surface area (Å²) in [6.45, 7) is 0.659. The molecule has 0 radical (unpaired) electrons. The molecule has 1 aromatic heterocycles. The molecule has 2 rings (SSSR count). The van der Waals surface area contributed by atoms with Crippen LogP contribution >= 0.6 is 0 Å². The fourth-order valence-corrected chi connectivity index (χ4v) is 2.37. The zero-order valence-corrected chi connectivity index (χ0v) is 13.8. The predicted molar refractivity (Wildman–Crippen MR) is 85.7 cm³/mol. The highest BCUT2D eigenvalue weighted by Crippen LogP contribution is 2.30. The Labute approximate surface area is 138 Å². The van der Waals surface area contributed by atoms with Crippen LogP contribution in [0.5, 0.6) is 11.5 Å². The van der Waals surface area contributed by atoms with Crippen molar-refractivity contribution in [3.63, 3.8) is 0 Å². The van der Waals surface area contributed by atoms with Gasteiger partial charge in [0, 0.05) is 12.7 Å². The number of rotatable bonds is 6. The molecule has 0 amide bonds. The second kappa shape index (κ2) is 7.25. The molecule has 0 N–H and O–H groups in total. The number of allylic oxidation sites excluding steroid dienone is 1. The smallest absolute Gasteiger partial charge is 0.387 e. The monoisotopic (exact) mass is 336 g/mol. The fourth-order valence-electron chi connectivity index (χ4n) is 2.37. The lowest BCUT2D eigenvalue weighted by Gasteiger charge is -2.10. The molecule has 0 fully saturated rings. The maximum Gasteiger partial charge on any atom is 0.387 e. The van der Waals surface area contributed by atoms with Crippen LogP contribution in [0.25, 0.3) is 6.08 Å². The highest BCUT2D eigenvalue weighted by molar-refractivity contribution is 6.08. The lowest BCUT2D eigenvalue weighted by atomic mass is 10.1. The molecule has 0 saturated carbocycles. The van der Waals surface area contributed by atoms with Crippen molar-refractivity contribution >= 4 is 11.9 Å². The topological polar surface area (TPSA) is 53.3 Å². The number of carbonyl (C=O) groups is 1. The maximum absolute atomic E-state index is 12.3. The van der Waals surface area contributed by atoms with E-state index in [2.05, 4.69) is 9.84 Å². The summed E-state index contributed by atoms with van der Waals surface area (Å²) in [6, 6.07) is 4.45. The number of aromatic nitrogens is 2. The summed E-state index contributed by atoms with van der Waals surface area (Å²) in [6.07, 6.45) is 3.00. The molecule has 2 aromatic rings. The van der Waals surface area contributed by atoms with Crippen molar-refractivity contribution in [2.75, 3.05) is 7.11 Å². The van der Waals surface area contributed by atoms with Gasteiger partial charge in [0.05, 0.1) is 18.4 Å². The molecule has 0 aliphatic heterocycles. The quantitative estimate of drug-likeness (QED) is 0.598. The predicted octanol–water partition coefficient (Wildman–Crippen LogP) is 3.54. The van der Waals surface area contributed by atoms with Crippen LogP contribution in [-0.4, -0.2) is 29.3 Å². The molecule has 24 heavy (non-hydrogen) atoms. The van der Waals surface area contributed by atoms with Gasteiger partial charge in [-0.3, -0.25) is 9.48 Å². The van der Waals surface area contributed by atoms with Crippen molar-refractivity contribution < 1.29 is 23.0 Å². The van der Waals surface area contributed by atoms with Crippen LogP contribution in [0.4, 0.5) is 8.78 Å². The number of aryl methyl sites for hydroxylation is 2. The number of carbonyl (C=O) groups excluding carboxylic acids is 1. The Morgan fingerprint density at radius 1 is 1.29 bits per heavy atom. The molecule has 7 heteroatoms. The van der Waals surface area contributed by atoms with Gasteiger partial charge in [0.1, 0.15) is 0 Å². The van der Waals surface area contributed by atoms with Crippen molar-refractivity contribution in [2.45, 2.75) is 20.5 Å².